The largest absolute Gasteiger partial charge is 0.465 e. The third-order valence-electron chi connectivity index (χ3n) is 4.60. The van der Waals surface area contributed by atoms with Gasteiger partial charge in [0.25, 0.3) is 5.56 Å². The summed E-state index contributed by atoms with van der Waals surface area (Å²) >= 11 is 1.38. The van der Waals surface area contributed by atoms with Gasteiger partial charge in [-0.2, -0.15) is 0 Å². The van der Waals surface area contributed by atoms with Crippen LogP contribution in [0.2, 0.25) is 0 Å². The normalized spacial score (nSPS) is 21.9. The average Bonchev–Trinajstić information content (AvgIpc) is 3.20. The van der Waals surface area contributed by atoms with Crippen LogP contribution in [0, 0.1) is 0 Å². The second-order valence-electron chi connectivity index (χ2n) is 6.09. The first-order valence-electron chi connectivity index (χ1n) is 8.08. The first-order valence-corrected chi connectivity index (χ1v) is 8.96. The number of hydrogen-bond donors (Lipinski definition) is 0. The lowest BCUT2D eigenvalue weighted by molar-refractivity contribution is -0.137. The van der Waals surface area contributed by atoms with Crippen molar-refractivity contribution in [1.29, 1.82) is 0 Å². The van der Waals surface area contributed by atoms with Crippen LogP contribution in [0.5, 0.6) is 0 Å². The zero-order valence-electron chi connectivity index (χ0n) is 12.7. The Morgan fingerprint density at radius 1 is 1.13 bits per heavy atom. The van der Waals surface area contributed by atoms with Gasteiger partial charge >= 0.3 is 5.97 Å². The van der Waals surface area contributed by atoms with Gasteiger partial charge in [-0.1, -0.05) is 36.7 Å². The number of ether oxygens (including phenoxy) is 1. The predicted octanol–water partition coefficient (Wildman–Crippen LogP) is 2.92. The van der Waals surface area contributed by atoms with Gasteiger partial charge in [-0.15, -0.1) is 0 Å². The SMILES string of the molecule is O=C1OCC[C@H]1Sc1nc2ccccc2c(=O)n1C1CCCC1. The van der Waals surface area contributed by atoms with Crippen molar-refractivity contribution < 1.29 is 9.53 Å². The number of nitrogens with zero attached hydrogens (tertiary/aromatic N) is 2. The van der Waals surface area contributed by atoms with E-state index < -0.39 is 0 Å². The third-order valence-corrected chi connectivity index (χ3v) is 5.81. The van der Waals surface area contributed by atoms with Crippen LogP contribution in [-0.2, 0) is 9.53 Å². The molecule has 5 nitrogen and oxygen atoms in total. The molecule has 2 aliphatic rings. The molecule has 1 atom stereocenters. The molecule has 1 aromatic carbocycles. The Bertz CT molecular complexity index is 811. The van der Waals surface area contributed by atoms with Crippen LogP contribution in [0.1, 0.15) is 38.1 Å². The van der Waals surface area contributed by atoms with Gasteiger partial charge in [-0.3, -0.25) is 14.2 Å². The molecule has 23 heavy (non-hydrogen) atoms. The van der Waals surface area contributed by atoms with Gasteiger partial charge in [0.05, 0.1) is 17.5 Å². The fourth-order valence-corrected chi connectivity index (χ4v) is 4.53. The van der Waals surface area contributed by atoms with Crippen LogP contribution in [0.4, 0.5) is 0 Å². The minimum absolute atomic E-state index is 0.0105. The molecule has 2 heterocycles. The molecular formula is C17H18N2O3S. The number of para-hydroxylation sites is 1. The number of hydrogen-bond acceptors (Lipinski definition) is 5. The number of esters is 1. The molecule has 0 spiro atoms. The second-order valence-corrected chi connectivity index (χ2v) is 7.26. The fourth-order valence-electron chi connectivity index (χ4n) is 3.40. The summed E-state index contributed by atoms with van der Waals surface area (Å²) in [6.45, 7) is 0.456. The number of cyclic esters (lactones) is 1. The Morgan fingerprint density at radius 2 is 1.91 bits per heavy atom. The maximum absolute atomic E-state index is 13.0. The van der Waals surface area contributed by atoms with Crippen molar-refractivity contribution in [2.24, 2.45) is 0 Å². The molecule has 0 bridgehead atoms. The average molecular weight is 330 g/mol. The summed E-state index contributed by atoms with van der Waals surface area (Å²) in [4.78, 5) is 29.5. The van der Waals surface area contributed by atoms with Crippen molar-refractivity contribution in [2.75, 3.05) is 6.61 Å². The Kier molecular flexibility index (Phi) is 3.85. The van der Waals surface area contributed by atoms with Crippen molar-refractivity contribution in [3.05, 3.63) is 34.6 Å². The Hall–Kier alpha value is -1.82. The smallest absolute Gasteiger partial charge is 0.319 e. The van der Waals surface area contributed by atoms with Gasteiger partial charge in [0.1, 0.15) is 5.25 Å². The zero-order valence-corrected chi connectivity index (χ0v) is 13.6. The molecule has 1 aromatic heterocycles. The molecule has 0 N–H and O–H groups in total. The van der Waals surface area contributed by atoms with E-state index in [1.807, 2.05) is 28.8 Å². The van der Waals surface area contributed by atoms with Crippen LogP contribution in [0.3, 0.4) is 0 Å². The van der Waals surface area contributed by atoms with Crippen LogP contribution >= 0.6 is 11.8 Å². The molecule has 120 valence electrons. The Balaban J connectivity index is 1.84. The number of aromatic nitrogens is 2. The van der Waals surface area contributed by atoms with Crippen LogP contribution in [0.15, 0.2) is 34.2 Å². The highest BCUT2D eigenvalue weighted by Crippen LogP contribution is 2.35. The molecule has 0 amide bonds. The van der Waals surface area contributed by atoms with E-state index in [1.54, 1.807) is 0 Å². The molecule has 0 radical (unpaired) electrons. The highest BCUT2D eigenvalue weighted by Gasteiger charge is 2.31. The highest BCUT2D eigenvalue weighted by molar-refractivity contribution is 8.00. The number of carbonyl (C=O) groups excluding carboxylic acids is 1. The molecule has 1 saturated heterocycles. The summed E-state index contributed by atoms with van der Waals surface area (Å²) in [5.74, 6) is -0.199. The molecule has 1 saturated carbocycles. The molecular weight excluding hydrogens is 312 g/mol. The molecule has 6 heteroatoms. The maximum Gasteiger partial charge on any atom is 0.319 e. The fraction of sp³-hybridized carbons (Fsp3) is 0.471. The number of rotatable bonds is 3. The van der Waals surface area contributed by atoms with Gasteiger partial charge in [0.2, 0.25) is 0 Å². The Labute approximate surface area is 138 Å². The van der Waals surface area contributed by atoms with Crippen molar-refractivity contribution in [3.8, 4) is 0 Å². The van der Waals surface area contributed by atoms with Gasteiger partial charge in [0.15, 0.2) is 5.16 Å². The van der Waals surface area contributed by atoms with E-state index in [-0.39, 0.29) is 22.8 Å². The molecule has 1 aliphatic carbocycles. The highest BCUT2D eigenvalue weighted by atomic mass is 32.2. The van der Waals surface area contributed by atoms with Gasteiger partial charge in [-0.05, 0) is 25.0 Å². The van der Waals surface area contributed by atoms with E-state index >= 15 is 0 Å². The van der Waals surface area contributed by atoms with E-state index in [0.29, 0.717) is 29.1 Å². The van der Waals surface area contributed by atoms with Crippen molar-refractivity contribution in [3.63, 3.8) is 0 Å². The first-order chi connectivity index (χ1) is 11.2. The summed E-state index contributed by atoms with van der Waals surface area (Å²) in [6, 6.07) is 7.62. The summed E-state index contributed by atoms with van der Waals surface area (Å²) < 4.78 is 6.87. The predicted molar refractivity (Wildman–Crippen MR) is 88.7 cm³/mol. The van der Waals surface area contributed by atoms with Crippen LogP contribution in [0.25, 0.3) is 10.9 Å². The topological polar surface area (TPSA) is 61.2 Å². The van der Waals surface area contributed by atoms with Gasteiger partial charge < -0.3 is 4.74 Å². The first kappa shape index (κ1) is 14.8. The van der Waals surface area contributed by atoms with E-state index in [0.717, 1.165) is 25.7 Å². The van der Waals surface area contributed by atoms with E-state index in [1.165, 1.54) is 11.8 Å². The molecule has 2 fully saturated rings. The summed E-state index contributed by atoms with van der Waals surface area (Å²) in [5.41, 5.74) is 0.706. The molecule has 2 aromatic rings. The summed E-state index contributed by atoms with van der Waals surface area (Å²) in [7, 11) is 0. The lowest BCUT2D eigenvalue weighted by Crippen LogP contribution is -2.27. The minimum Gasteiger partial charge on any atom is -0.465 e. The number of benzene rings is 1. The van der Waals surface area contributed by atoms with E-state index in [4.69, 9.17) is 9.72 Å². The number of thioether (sulfide) groups is 1. The number of fused-ring (bicyclic) bond motifs is 1. The van der Waals surface area contributed by atoms with Crippen LogP contribution in [-0.4, -0.2) is 27.4 Å². The minimum atomic E-state index is -0.254. The van der Waals surface area contributed by atoms with Gasteiger partial charge in [0, 0.05) is 12.5 Å². The van der Waals surface area contributed by atoms with Crippen molar-refractivity contribution >= 4 is 28.6 Å². The Morgan fingerprint density at radius 3 is 2.65 bits per heavy atom. The third kappa shape index (κ3) is 2.65. The monoisotopic (exact) mass is 330 g/mol. The molecule has 0 unspecified atom stereocenters. The van der Waals surface area contributed by atoms with Crippen molar-refractivity contribution in [1.82, 2.24) is 9.55 Å². The summed E-state index contributed by atoms with van der Waals surface area (Å²) in [5, 5.41) is 1.05. The molecule has 1 aliphatic heterocycles. The van der Waals surface area contributed by atoms with Crippen molar-refractivity contribution in [2.45, 2.75) is 48.6 Å². The zero-order chi connectivity index (χ0) is 15.8. The lowest BCUT2D eigenvalue weighted by Gasteiger charge is -2.19. The maximum atomic E-state index is 13.0. The van der Waals surface area contributed by atoms with E-state index in [9.17, 15) is 9.59 Å². The van der Waals surface area contributed by atoms with Crippen LogP contribution < -0.4 is 5.56 Å². The second kappa shape index (κ2) is 6.00. The van der Waals surface area contributed by atoms with Gasteiger partial charge in [-0.25, -0.2) is 4.98 Å². The summed E-state index contributed by atoms with van der Waals surface area (Å²) in [6.07, 6.45) is 4.96. The molecule has 4 rings (SSSR count). The van der Waals surface area contributed by atoms with E-state index in [2.05, 4.69) is 0 Å². The lowest BCUT2D eigenvalue weighted by atomic mass is 10.2. The quantitative estimate of drug-likeness (QED) is 0.640. The number of carbonyl (C=O) groups is 1. The standard InChI is InChI=1S/C17H18N2O3S/c20-15-12-7-3-4-8-13(12)18-17(19(15)11-5-1-2-6-11)23-14-9-10-22-16(14)21/h3-4,7-8,11,14H,1-2,5-6,9-10H2/t14-/m1/s1.